The van der Waals surface area contributed by atoms with E-state index in [-0.39, 0.29) is 31.3 Å². The second kappa shape index (κ2) is 7.81. The lowest BCUT2D eigenvalue weighted by atomic mass is 9.33. The van der Waals surface area contributed by atoms with Crippen LogP contribution in [0.3, 0.4) is 0 Å². The molecule has 3 atom stereocenters. The second-order valence-electron chi connectivity index (χ2n) is 11.5. The van der Waals surface area contributed by atoms with Gasteiger partial charge in [-0.3, -0.25) is 8.89 Å². The Labute approximate surface area is 214 Å². The molecule has 5 fully saturated rings. The minimum Gasteiger partial charge on any atom is -0.373 e. The predicted molar refractivity (Wildman–Crippen MR) is 130 cm³/mol. The average molecular weight is 532 g/mol. The van der Waals surface area contributed by atoms with Crippen LogP contribution in [0.15, 0.2) is 23.4 Å². The number of ether oxygens (including phenoxy) is 1. The lowest BCUT2D eigenvalue weighted by Crippen LogP contribution is -2.70. The molecule has 4 aliphatic carbocycles. The quantitative estimate of drug-likeness (QED) is 0.449. The van der Waals surface area contributed by atoms with Crippen molar-refractivity contribution in [1.82, 2.24) is 24.7 Å². The summed E-state index contributed by atoms with van der Waals surface area (Å²) in [6.07, 6.45) is 5.03. The number of fused-ring (bicyclic) bond motifs is 1. The largest absolute Gasteiger partial charge is 0.394 e. The number of halogens is 3. The van der Waals surface area contributed by atoms with Gasteiger partial charge < -0.3 is 4.74 Å². The minimum atomic E-state index is -4.20. The van der Waals surface area contributed by atoms with Gasteiger partial charge >= 0.3 is 6.18 Å². The van der Waals surface area contributed by atoms with Crippen molar-refractivity contribution in [3.63, 3.8) is 0 Å². The normalized spacial score (nSPS) is 32.1. The van der Waals surface area contributed by atoms with Crippen LogP contribution in [0.4, 0.5) is 13.2 Å². The van der Waals surface area contributed by atoms with Gasteiger partial charge in [0.25, 0.3) is 0 Å². The van der Waals surface area contributed by atoms with Gasteiger partial charge in [-0.25, -0.2) is 15.0 Å². The Morgan fingerprint density at radius 3 is 2.57 bits per heavy atom. The number of nitrogens with zero attached hydrogens (tertiary/aromatic N) is 5. The van der Waals surface area contributed by atoms with E-state index >= 15 is 0 Å². The van der Waals surface area contributed by atoms with Gasteiger partial charge in [-0.05, 0) is 57.9 Å². The van der Waals surface area contributed by atoms with E-state index < -0.39 is 27.8 Å². The van der Waals surface area contributed by atoms with Gasteiger partial charge in [0.15, 0.2) is 5.65 Å². The van der Waals surface area contributed by atoms with Gasteiger partial charge in [0.2, 0.25) is 0 Å². The van der Waals surface area contributed by atoms with E-state index in [0.29, 0.717) is 52.2 Å². The molecule has 0 N–H and O–H groups in total. The lowest BCUT2D eigenvalue weighted by Gasteiger charge is -2.70. The number of hydrogen-bond donors (Lipinski definition) is 0. The molecule has 0 aromatic carbocycles. The molecule has 0 spiro atoms. The van der Waals surface area contributed by atoms with E-state index in [1.165, 1.54) is 0 Å². The molecule has 0 radical (unpaired) electrons. The fourth-order valence-electron chi connectivity index (χ4n) is 6.68. The molecule has 3 aromatic heterocycles. The van der Waals surface area contributed by atoms with E-state index in [1.54, 1.807) is 19.2 Å². The zero-order chi connectivity index (χ0) is 25.7. The molecule has 7 nitrogen and oxygen atoms in total. The van der Waals surface area contributed by atoms with Crippen molar-refractivity contribution in [1.29, 1.82) is 0 Å². The number of hydrogen-bond acceptors (Lipinski definition) is 6. The SMILES string of the molecule is Cc1nc2nc([C@H]3CCO[C@@H](c4cnn(C5CC5)c4)C3)nc(C34CC(C(F)(F)F)(C3)C4)c2cc1S(C)=O. The van der Waals surface area contributed by atoms with Crippen LogP contribution in [0.25, 0.3) is 11.0 Å². The molecule has 0 amide bonds. The maximum Gasteiger partial charge on any atom is 0.394 e. The summed E-state index contributed by atoms with van der Waals surface area (Å²) < 4.78 is 61.4. The number of rotatable bonds is 5. The van der Waals surface area contributed by atoms with Crippen LogP contribution in [-0.4, -0.2) is 48.0 Å². The Hall–Kier alpha value is -2.40. The first kappa shape index (κ1) is 23.7. The minimum absolute atomic E-state index is 0.00260. The third-order valence-electron chi connectivity index (χ3n) is 8.86. The molecule has 1 saturated heterocycles. The average Bonchev–Trinajstić information content (AvgIpc) is 3.52. The van der Waals surface area contributed by atoms with Crippen molar-refractivity contribution < 1.29 is 22.1 Å². The third kappa shape index (κ3) is 3.60. The molecule has 2 bridgehead atoms. The van der Waals surface area contributed by atoms with Crippen molar-refractivity contribution >= 4 is 21.8 Å². The second-order valence-corrected chi connectivity index (χ2v) is 12.8. The van der Waals surface area contributed by atoms with Crippen molar-refractivity contribution in [3.8, 4) is 0 Å². The molecule has 4 saturated carbocycles. The Bertz CT molecular complexity index is 1430. The fourth-order valence-corrected chi connectivity index (χ4v) is 7.43. The smallest absolute Gasteiger partial charge is 0.373 e. The molecular weight excluding hydrogens is 503 g/mol. The summed E-state index contributed by atoms with van der Waals surface area (Å²) in [5.74, 6) is 0.616. The monoisotopic (exact) mass is 531 g/mol. The molecule has 1 aliphatic heterocycles. The van der Waals surface area contributed by atoms with Gasteiger partial charge in [-0.2, -0.15) is 18.3 Å². The maximum atomic E-state index is 13.7. The maximum absolute atomic E-state index is 13.7. The van der Waals surface area contributed by atoms with E-state index in [1.807, 2.05) is 10.9 Å². The molecule has 4 heterocycles. The summed E-state index contributed by atoms with van der Waals surface area (Å²) in [5.41, 5.74) is 0.554. The first-order valence-corrected chi connectivity index (χ1v) is 14.4. The van der Waals surface area contributed by atoms with Crippen LogP contribution in [0, 0.1) is 12.3 Å². The Kier molecular flexibility index (Phi) is 5.00. The first-order chi connectivity index (χ1) is 17.6. The molecule has 1 unspecified atom stereocenters. The van der Waals surface area contributed by atoms with Gasteiger partial charge in [0.1, 0.15) is 5.82 Å². The third-order valence-corrected chi connectivity index (χ3v) is 9.89. The highest BCUT2D eigenvalue weighted by atomic mass is 32.2. The zero-order valence-electron chi connectivity index (χ0n) is 20.7. The van der Waals surface area contributed by atoms with Crippen molar-refractivity contribution in [2.75, 3.05) is 12.9 Å². The lowest BCUT2D eigenvalue weighted by molar-refractivity contribution is -0.337. The zero-order valence-corrected chi connectivity index (χ0v) is 21.5. The van der Waals surface area contributed by atoms with Gasteiger partial charge in [-0.15, -0.1) is 0 Å². The number of aryl methyl sites for hydroxylation is 1. The summed E-state index contributed by atoms with van der Waals surface area (Å²) >= 11 is 0. The highest BCUT2D eigenvalue weighted by Crippen LogP contribution is 2.78. The number of aromatic nitrogens is 5. The highest BCUT2D eigenvalue weighted by Gasteiger charge is 2.79. The topological polar surface area (TPSA) is 82.8 Å². The predicted octanol–water partition coefficient (Wildman–Crippen LogP) is 5.22. The summed E-state index contributed by atoms with van der Waals surface area (Å²) in [4.78, 5) is 15.0. The van der Waals surface area contributed by atoms with Crippen LogP contribution in [-0.2, 0) is 21.0 Å². The van der Waals surface area contributed by atoms with Crippen LogP contribution >= 0.6 is 0 Å². The molecular formula is C26H28F3N5O2S. The van der Waals surface area contributed by atoms with Crippen molar-refractivity contribution in [2.24, 2.45) is 5.41 Å². The molecule has 3 aromatic rings. The summed E-state index contributed by atoms with van der Waals surface area (Å²) in [6, 6.07) is 2.27. The van der Waals surface area contributed by atoms with Gasteiger partial charge in [0.05, 0.1) is 50.8 Å². The summed E-state index contributed by atoms with van der Waals surface area (Å²) in [5, 5.41) is 5.13. The van der Waals surface area contributed by atoms with Crippen LogP contribution in [0.2, 0.25) is 0 Å². The van der Waals surface area contributed by atoms with E-state index in [2.05, 4.69) is 16.3 Å². The number of pyridine rings is 1. The number of alkyl halides is 3. The van der Waals surface area contributed by atoms with Gasteiger partial charge in [0, 0.05) is 41.3 Å². The van der Waals surface area contributed by atoms with Crippen LogP contribution in [0.5, 0.6) is 0 Å². The first-order valence-electron chi connectivity index (χ1n) is 12.8. The van der Waals surface area contributed by atoms with E-state index in [0.717, 1.165) is 24.8 Å². The molecule has 11 heteroatoms. The summed E-state index contributed by atoms with van der Waals surface area (Å²) in [6.45, 7) is 2.34. The highest BCUT2D eigenvalue weighted by molar-refractivity contribution is 7.84. The molecule has 196 valence electrons. The van der Waals surface area contributed by atoms with E-state index in [9.17, 15) is 17.4 Å². The van der Waals surface area contributed by atoms with Crippen molar-refractivity contribution in [3.05, 3.63) is 41.2 Å². The van der Waals surface area contributed by atoms with E-state index in [4.69, 9.17) is 14.7 Å². The summed E-state index contributed by atoms with van der Waals surface area (Å²) in [7, 11) is -1.28. The Balaban J connectivity index is 1.26. The van der Waals surface area contributed by atoms with Crippen molar-refractivity contribution in [2.45, 2.75) is 86.4 Å². The molecule has 8 rings (SSSR count). The fraction of sp³-hybridized carbons (Fsp3) is 0.615. The molecule has 37 heavy (non-hydrogen) atoms. The Morgan fingerprint density at radius 2 is 1.89 bits per heavy atom. The van der Waals surface area contributed by atoms with Crippen LogP contribution < -0.4 is 0 Å². The van der Waals surface area contributed by atoms with Gasteiger partial charge in [-0.1, -0.05) is 0 Å². The molecule has 5 aliphatic rings. The standard InChI is InChI=1S/C26H28F3N5O2S/c1-14-20(37(2)35)8-18-21(24-11-25(12-24,13-24)26(27,28)29)32-22(33-23(18)31-14)15-5-6-36-19(7-15)16-9-30-34(10-16)17-3-4-17/h8-10,15,17,19H,3-7,11-13H2,1-2H3/t15-,19+,24?,25?,37?/m0/s1. The van der Waals surface area contributed by atoms with Crippen LogP contribution in [0.1, 0.15) is 85.8 Å². The Morgan fingerprint density at radius 1 is 1.14 bits per heavy atom.